The van der Waals surface area contributed by atoms with E-state index in [1.165, 1.54) is 13.2 Å². The molecule has 2 aromatic rings. The van der Waals surface area contributed by atoms with Gasteiger partial charge in [0.15, 0.2) is 6.61 Å². The summed E-state index contributed by atoms with van der Waals surface area (Å²) in [7, 11) is 1.49. The minimum Gasteiger partial charge on any atom is -0.451 e. The molecule has 5 nitrogen and oxygen atoms in total. The number of ether oxygens (including phenoxy) is 2. The lowest BCUT2D eigenvalue weighted by molar-refractivity contribution is -0.137. The molecule has 0 N–H and O–H groups in total. The number of amides is 1. The van der Waals surface area contributed by atoms with Crippen LogP contribution >= 0.6 is 11.3 Å². The molecular formula is C20H24FNO4S. The van der Waals surface area contributed by atoms with Gasteiger partial charge in [0.25, 0.3) is 5.91 Å². The lowest BCUT2D eigenvalue weighted by Crippen LogP contribution is -2.44. The van der Waals surface area contributed by atoms with Crippen LogP contribution in [0.4, 0.5) is 4.39 Å². The van der Waals surface area contributed by atoms with Crippen LogP contribution in [0.5, 0.6) is 0 Å². The summed E-state index contributed by atoms with van der Waals surface area (Å²) in [6, 6.07) is 4.70. The van der Waals surface area contributed by atoms with Gasteiger partial charge < -0.3 is 14.4 Å². The zero-order valence-electron chi connectivity index (χ0n) is 15.8. The van der Waals surface area contributed by atoms with Crippen molar-refractivity contribution in [2.45, 2.75) is 26.9 Å². The molecule has 0 spiro atoms. The molecule has 0 bridgehead atoms. The molecule has 0 unspecified atom stereocenters. The third-order valence-electron chi connectivity index (χ3n) is 4.79. The monoisotopic (exact) mass is 393 g/mol. The summed E-state index contributed by atoms with van der Waals surface area (Å²) in [6.45, 7) is 5.39. The van der Waals surface area contributed by atoms with Gasteiger partial charge in [-0.25, -0.2) is 9.18 Å². The summed E-state index contributed by atoms with van der Waals surface area (Å²) < 4.78 is 25.3. The van der Waals surface area contributed by atoms with Crippen molar-refractivity contribution in [3.63, 3.8) is 0 Å². The second-order valence-electron chi connectivity index (χ2n) is 7.28. The SMILES string of the molecule is COCc1c(C(=O)OCC(=O)N2C[C@H](C)C[C@@H](C)C2)sc2cccc(F)c12. The molecule has 146 valence electrons. The van der Waals surface area contributed by atoms with Crippen LogP contribution in [-0.4, -0.2) is 43.6 Å². The largest absolute Gasteiger partial charge is 0.451 e. The van der Waals surface area contributed by atoms with Crippen molar-refractivity contribution in [1.29, 1.82) is 0 Å². The number of esters is 1. The van der Waals surface area contributed by atoms with Crippen molar-refractivity contribution in [3.8, 4) is 0 Å². The quantitative estimate of drug-likeness (QED) is 0.724. The first-order valence-electron chi connectivity index (χ1n) is 9.04. The first kappa shape index (κ1) is 19.8. The smallest absolute Gasteiger partial charge is 0.349 e. The number of nitrogens with zero attached hydrogens (tertiary/aromatic N) is 1. The molecule has 3 rings (SSSR count). The van der Waals surface area contributed by atoms with Gasteiger partial charge in [-0.2, -0.15) is 0 Å². The average Bonchev–Trinajstić information content (AvgIpc) is 2.99. The molecule has 1 saturated heterocycles. The Balaban J connectivity index is 1.73. The van der Waals surface area contributed by atoms with Gasteiger partial charge in [0, 0.05) is 35.8 Å². The lowest BCUT2D eigenvalue weighted by atomic mass is 9.92. The van der Waals surface area contributed by atoms with Crippen molar-refractivity contribution in [3.05, 3.63) is 34.5 Å². The fourth-order valence-electron chi connectivity index (χ4n) is 3.76. The Labute approximate surface area is 162 Å². The van der Waals surface area contributed by atoms with Crippen LogP contribution < -0.4 is 0 Å². The Hall–Kier alpha value is -1.99. The van der Waals surface area contributed by atoms with Gasteiger partial charge in [-0.3, -0.25) is 4.79 Å². The van der Waals surface area contributed by atoms with Crippen molar-refractivity contribution in [1.82, 2.24) is 4.90 Å². The Morgan fingerprint density at radius 2 is 1.96 bits per heavy atom. The molecule has 27 heavy (non-hydrogen) atoms. The number of hydrogen-bond acceptors (Lipinski definition) is 5. The maximum atomic E-state index is 14.2. The van der Waals surface area contributed by atoms with Crippen molar-refractivity contribution in [2.24, 2.45) is 11.8 Å². The highest BCUT2D eigenvalue weighted by Crippen LogP contribution is 2.34. The highest BCUT2D eigenvalue weighted by molar-refractivity contribution is 7.21. The summed E-state index contributed by atoms with van der Waals surface area (Å²) in [5.41, 5.74) is 0.466. The van der Waals surface area contributed by atoms with Gasteiger partial charge in [0.1, 0.15) is 10.7 Å². The van der Waals surface area contributed by atoms with E-state index in [1.54, 1.807) is 17.0 Å². The fraction of sp³-hybridized carbons (Fsp3) is 0.500. The van der Waals surface area contributed by atoms with E-state index in [4.69, 9.17) is 9.47 Å². The second-order valence-corrected chi connectivity index (χ2v) is 8.33. The standard InChI is InChI=1S/C20H24FNO4S/c1-12-7-13(2)9-22(8-12)17(23)11-26-20(24)19-14(10-25-3)18-15(21)5-4-6-16(18)27-19/h4-6,12-13H,7-11H2,1-3H3/t12-,13-/m1/s1. The maximum absolute atomic E-state index is 14.2. The molecule has 1 aromatic carbocycles. The van der Waals surface area contributed by atoms with Gasteiger partial charge in [-0.1, -0.05) is 19.9 Å². The fourth-order valence-corrected chi connectivity index (χ4v) is 4.88. The zero-order valence-corrected chi connectivity index (χ0v) is 16.6. The number of rotatable bonds is 5. The van der Waals surface area contributed by atoms with Crippen molar-refractivity contribution in [2.75, 3.05) is 26.8 Å². The van der Waals surface area contributed by atoms with Crippen LogP contribution in [0.15, 0.2) is 18.2 Å². The van der Waals surface area contributed by atoms with E-state index >= 15 is 0 Å². The third kappa shape index (κ3) is 4.30. The van der Waals surface area contributed by atoms with Crippen LogP contribution in [0.25, 0.3) is 10.1 Å². The maximum Gasteiger partial charge on any atom is 0.349 e. The molecule has 1 aromatic heterocycles. The molecule has 1 aliphatic rings. The predicted molar refractivity (Wildman–Crippen MR) is 102 cm³/mol. The number of likely N-dealkylation sites (tertiary alicyclic amines) is 1. The van der Waals surface area contributed by atoms with E-state index in [2.05, 4.69) is 13.8 Å². The normalized spacial score (nSPS) is 20.1. The molecule has 1 amide bonds. The van der Waals surface area contributed by atoms with Crippen LogP contribution in [-0.2, 0) is 20.9 Å². The van der Waals surface area contributed by atoms with E-state index in [1.807, 2.05) is 0 Å². The highest BCUT2D eigenvalue weighted by Gasteiger charge is 2.27. The lowest BCUT2D eigenvalue weighted by Gasteiger charge is -2.34. The number of carbonyl (C=O) groups is 2. The summed E-state index contributed by atoms with van der Waals surface area (Å²) in [5.74, 6) is -0.335. The van der Waals surface area contributed by atoms with Gasteiger partial charge in [-0.15, -0.1) is 11.3 Å². The number of carbonyl (C=O) groups excluding carboxylic acids is 2. The number of piperidine rings is 1. The minimum atomic E-state index is -0.617. The van der Waals surface area contributed by atoms with Crippen molar-refractivity contribution < 1.29 is 23.5 Å². The van der Waals surface area contributed by atoms with E-state index in [0.29, 0.717) is 40.6 Å². The van der Waals surface area contributed by atoms with Gasteiger partial charge >= 0.3 is 5.97 Å². The Kier molecular flexibility index (Phi) is 6.11. The Bertz CT molecular complexity index is 840. The van der Waals surface area contributed by atoms with Gasteiger partial charge in [0.2, 0.25) is 0 Å². The average molecular weight is 393 g/mol. The molecule has 1 aliphatic heterocycles. The summed E-state index contributed by atoms with van der Waals surface area (Å²) in [6.07, 6.45) is 1.09. The van der Waals surface area contributed by atoms with Gasteiger partial charge in [-0.05, 0) is 30.4 Å². The molecule has 2 atom stereocenters. The van der Waals surface area contributed by atoms with Crippen LogP contribution in [0.1, 0.15) is 35.5 Å². The van der Waals surface area contributed by atoms with Crippen LogP contribution in [0.3, 0.4) is 0 Å². The summed E-state index contributed by atoms with van der Waals surface area (Å²) in [5, 5.41) is 0.376. The molecule has 1 fully saturated rings. The number of fused-ring (bicyclic) bond motifs is 1. The molecule has 0 aliphatic carbocycles. The number of halogens is 1. The van der Waals surface area contributed by atoms with Crippen LogP contribution in [0.2, 0.25) is 0 Å². The molecular weight excluding hydrogens is 369 g/mol. The van der Waals surface area contributed by atoms with Crippen LogP contribution in [0, 0.1) is 17.7 Å². The zero-order chi connectivity index (χ0) is 19.6. The van der Waals surface area contributed by atoms with E-state index < -0.39 is 11.8 Å². The predicted octanol–water partition coefficient (Wildman–Crippen LogP) is 3.85. The van der Waals surface area contributed by atoms with Gasteiger partial charge in [0.05, 0.1) is 6.61 Å². The van der Waals surface area contributed by atoms with E-state index in [9.17, 15) is 14.0 Å². The topological polar surface area (TPSA) is 55.8 Å². The molecule has 0 radical (unpaired) electrons. The number of hydrogen-bond donors (Lipinski definition) is 0. The number of thiophene rings is 1. The minimum absolute atomic E-state index is 0.0977. The van der Waals surface area contributed by atoms with E-state index in [-0.39, 0.29) is 24.0 Å². The Morgan fingerprint density at radius 3 is 2.63 bits per heavy atom. The first-order valence-corrected chi connectivity index (χ1v) is 9.86. The number of methoxy groups -OCH3 is 1. The molecule has 7 heteroatoms. The molecule has 0 saturated carbocycles. The van der Waals surface area contributed by atoms with E-state index in [0.717, 1.165) is 17.8 Å². The number of benzene rings is 1. The Morgan fingerprint density at radius 1 is 1.26 bits per heavy atom. The first-order chi connectivity index (χ1) is 12.9. The highest BCUT2D eigenvalue weighted by atomic mass is 32.1. The summed E-state index contributed by atoms with van der Waals surface area (Å²) >= 11 is 1.15. The molecule has 2 heterocycles. The third-order valence-corrected chi connectivity index (χ3v) is 5.96. The second kappa shape index (κ2) is 8.35. The van der Waals surface area contributed by atoms with Crippen molar-refractivity contribution >= 4 is 33.3 Å². The summed E-state index contributed by atoms with van der Waals surface area (Å²) in [4.78, 5) is 27.0.